The highest BCUT2D eigenvalue weighted by atomic mass is 32.2. The molecule has 0 saturated carbocycles. The molecule has 1 aliphatic rings. The van der Waals surface area contributed by atoms with Crippen LogP contribution in [0.15, 0.2) is 82.9 Å². The van der Waals surface area contributed by atoms with Crippen molar-refractivity contribution in [1.29, 1.82) is 0 Å². The SMILES string of the molecule is COc1ccc([C@@H]2C=C(c3ccccc3)NN2C(=O)CSc2nccc(=O)[nH]2)cc1. The lowest BCUT2D eigenvalue weighted by molar-refractivity contribution is -0.131. The Morgan fingerprint density at radius 3 is 2.60 bits per heavy atom. The van der Waals surface area contributed by atoms with E-state index < -0.39 is 0 Å². The summed E-state index contributed by atoms with van der Waals surface area (Å²) in [6.45, 7) is 0. The molecule has 0 bridgehead atoms. The normalized spacial score (nSPS) is 15.4. The molecule has 1 amide bonds. The van der Waals surface area contributed by atoms with Crippen molar-refractivity contribution in [3.8, 4) is 5.75 Å². The third-order valence-corrected chi connectivity index (χ3v) is 5.51. The van der Waals surface area contributed by atoms with Gasteiger partial charge in [0.1, 0.15) is 5.75 Å². The topological polar surface area (TPSA) is 87.3 Å². The van der Waals surface area contributed by atoms with Crippen LogP contribution in [0.2, 0.25) is 0 Å². The molecule has 4 rings (SSSR count). The largest absolute Gasteiger partial charge is 0.497 e. The molecule has 0 fully saturated rings. The van der Waals surface area contributed by atoms with E-state index in [9.17, 15) is 9.59 Å². The Morgan fingerprint density at radius 1 is 1.13 bits per heavy atom. The number of carbonyl (C=O) groups excluding carboxylic acids is 1. The summed E-state index contributed by atoms with van der Waals surface area (Å²) < 4.78 is 5.24. The van der Waals surface area contributed by atoms with Crippen molar-refractivity contribution in [1.82, 2.24) is 20.4 Å². The fraction of sp³-hybridized carbons (Fsp3) is 0.136. The summed E-state index contributed by atoms with van der Waals surface area (Å²) in [5.41, 5.74) is 5.81. The second-order valence-corrected chi connectivity index (χ2v) is 7.53. The highest BCUT2D eigenvalue weighted by Gasteiger charge is 2.30. The van der Waals surface area contributed by atoms with E-state index in [1.54, 1.807) is 12.1 Å². The lowest BCUT2D eigenvalue weighted by atomic mass is 10.0. The number of thioether (sulfide) groups is 1. The minimum absolute atomic E-state index is 0.127. The average molecular weight is 420 g/mol. The van der Waals surface area contributed by atoms with Gasteiger partial charge in [0.15, 0.2) is 5.16 Å². The number of hydrogen-bond acceptors (Lipinski definition) is 6. The molecule has 30 heavy (non-hydrogen) atoms. The maximum atomic E-state index is 13.1. The lowest BCUT2D eigenvalue weighted by Crippen LogP contribution is -2.40. The molecular formula is C22H20N4O3S. The van der Waals surface area contributed by atoms with E-state index in [0.717, 1.165) is 22.6 Å². The molecular weight excluding hydrogens is 400 g/mol. The van der Waals surface area contributed by atoms with Crippen LogP contribution in [0.4, 0.5) is 0 Å². The number of H-pyrrole nitrogens is 1. The van der Waals surface area contributed by atoms with Gasteiger partial charge >= 0.3 is 0 Å². The minimum atomic E-state index is -0.276. The number of hydrazine groups is 1. The predicted octanol–water partition coefficient (Wildman–Crippen LogP) is 3.00. The van der Waals surface area contributed by atoms with E-state index in [4.69, 9.17) is 4.74 Å². The molecule has 2 heterocycles. The van der Waals surface area contributed by atoms with Crippen molar-refractivity contribution in [2.24, 2.45) is 0 Å². The molecule has 152 valence electrons. The van der Waals surface area contributed by atoms with Crippen LogP contribution in [0, 0.1) is 0 Å². The summed E-state index contributed by atoms with van der Waals surface area (Å²) in [6.07, 6.45) is 3.46. The summed E-state index contributed by atoms with van der Waals surface area (Å²) in [5.74, 6) is 0.752. The van der Waals surface area contributed by atoms with E-state index in [-0.39, 0.29) is 23.3 Å². The first-order valence-electron chi connectivity index (χ1n) is 9.32. The van der Waals surface area contributed by atoms with E-state index >= 15 is 0 Å². The molecule has 2 N–H and O–H groups in total. The third-order valence-electron chi connectivity index (χ3n) is 4.63. The standard InChI is InChI=1S/C22H20N4O3S/c1-29-17-9-7-16(8-10-17)19-13-18(15-5-3-2-4-6-15)25-26(19)21(28)14-30-22-23-12-11-20(27)24-22/h2-13,19,25H,14H2,1H3,(H,23,24,27)/t19-/m0/s1. The minimum Gasteiger partial charge on any atom is -0.497 e. The number of aromatic nitrogens is 2. The van der Waals surface area contributed by atoms with Crippen molar-refractivity contribution >= 4 is 23.4 Å². The zero-order chi connectivity index (χ0) is 20.9. The molecule has 0 aliphatic carbocycles. The first-order valence-corrected chi connectivity index (χ1v) is 10.3. The van der Waals surface area contributed by atoms with E-state index in [2.05, 4.69) is 15.4 Å². The molecule has 7 nitrogen and oxygen atoms in total. The zero-order valence-electron chi connectivity index (χ0n) is 16.2. The number of hydrogen-bond donors (Lipinski definition) is 2. The van der Waals surface area contributed by atoms with Crippen LogP contribution in [-0.4, -0.2) is 33.7 Å². The van der Waals surface area contributed by atoms with E-state index in [1.807, 2.05) is 60.7 Å². The Kier molecular flexibility index (Phi) is 5.85. The summed E-state index contributed by atoms with van der Waals surface area (Å²) in [7, 11) is 1.62. The average Bonchev–Trinajstić information content (AvgIpc) is 3.24. The van der Waals surface area contributed by atoms with Gasteiger partial charge in [0.05, 0.1) is 24.6 Å². The Morgan fingerprint density at radius 2 is 1.90 bits per heavy atom. The van der Waals surface area contributed by atoms with Gasteiger partial charge in [-0.3, -0.25) is 15.0 Å². The van der Waals surface area contributed by atoms with Gasteiger partial charge in [-0.2, -0.15) is 0 Å². The Balaban J connectivity index is 1.57. The van der Waals surface area contributed by atoms with Crippen LogP contribution >= 0.6 is 11.8 Å². The smallest absolute Gasteiger partial charge is 0.252 e. The molecule has 2 aromatic carbocycles. The number of ether oxygens (including phenoxy) is 1. The number of amides is 1. The Labute approximate surface area is 177 Å². The van der Waals surface area contributed by atoms with Gasteiger partial charge in [-0.15, -0.1) is 0 Å². The van der Waals surface area contributed by atoms with Crippen molar-refractivity contribution in [3.05, 3.63) is 94.4 Å². The van der Waals surface area contributed by atoms with Gasteiger partial charge in [0.2, 0.25) is 0 Å². The quantitative estimate of drug-likeness (QED) is 0.471. The molecule has 0 unspecified atom stereocenters. The number of rotatable bonds is 6. The monoisotopic (exact) mass is 420 g/mol. The van der Waals surface area contributed by atoms with Gasteiger partial charge in [0, 0.05) is 12.3 Å². The van der Waals surface area contributed by atoms with Crippen LogP contribution in [0.5, 0.6) is 5.75 Å². The summed E-state index contributed by atoms with van der Waals surface area (Å²) in [4.78, 5) is 31.2. The maximum absolute atomic E-state index is 13.1. The number of nitrogens with zero attached hydrogens (tertiary/aromatic N) is 2. The number of nitrogens with one attached hydrogen (secondary N) is 2. The maximum Gasteiger partial charge on any atom is 0.252 e. The first kappa shape index (κ1) is 19.8. The number of benzene rings is 2. The fourth-order valence-electron chi connectivity index (χ4n) is 3.14. The van der Waals surface area contributed by atoms with Crippen LogP contribution in [0.25, 0.3) is 5.70 Å². The second kappa shape index (κ2) is 8.87. The number of methoxy groups -OCH3 is 1. The highest BCUT2D eigenvalue weighted by molar-refractivity contribution is 7.99. The van der Waals surface area contributed by atoms with Gasteiger partial charge in [-0.25, -0.2) is 9.99 Å². The Hall–Kier alpha value is -3.52. The van der Waals surface area contributed by atoms with E-state index in [1.165, 1.54) is 24.0 Å². The summed E-state index contributed by atoms with van der Waals surface area (Å²) in [5, 5.41) is 2.02. The van der Waals surface area contributed by atoms with Crippen LogP contribution in [-0.2, 0) is 4.79 Å². The van der Waals surface area contributed by atoms with Gasteiger partial charge in [-0.1, -0.05) is 54.2 Å². The number of aromatic amines is 1. The summed E-state index contributed by atoms with van der Waals surface area (Å²) >= 11 is 1.19. The van der Waals surface area contributed by atoms with Gasteiger partial charge in [0.25, 0.3) is 11.5 Å². The number of carbonyl (C=O) groups is 1. The van der Waals surface area contributed by atoms with Crippen molar-refractivity contribution in [2.45, 2.75) is 11.2 Å². The van der Waals surface area contributed by atoms with Crippen LogP contribution < -0.4 is 15.7 Å². The van der Waals surface area contributed by atoms with Crippen LogP contribution in [0.1, 0.15) is 17.2 Å². The predicted molar refractivity (Wildman–Crippen MR) is 116 cm³/mol. The molecule has 0 radical (unpaired) electrons. The molecule has 8 heteroatoms. The van der Waals surface area contributed by atoms with Crippen molar-refractivity contribution < 1.29 is 9.53 Å². The summed E-state index contributed by atoms with van der Waals surface area (Å²) in [6, 6.07) is 18.5. The first-order chi connectivity index (χ1) is 14.6. The molecule has 1 aromatic heterocycles. The van der Waals surface area contributed by atoms with Gasteiger partial charge < -0.3 is 9.72 Å². The highest BCUT2D eigenvalue weighted by Crippen LogP contribution is 2.32. The third kappa shape index (κ3) is 4.38. The molecule has 3 aromatic rings. The van der Waals surface area contributed by atoms with Crippen molar-refractivity contribution in [3.63, 3.8) is 0 Å². The van der Waals surface area contributed by atoms with E-state index in [0.29, 0.717) is 5.16 Å². The fourth-order valence-corrected chi connectivity index (χ4v) is 3.84. The molecule has 0 saturated heterocycles. The zero-order valence-corrected chi connectivity index (χ0v) is 17.1. The molecule has 1 atom stereocenters. The molecule has 0 spiro atoms. The van der Waals surface area contributed by atoms with Gasteiger partial charge in [-0.05, 0) is 29.3 Å². The molecule has 1 aliphatic heterocycles. The van der Waals surface area contributed by atoms with Crippen molar-refractivity contribution in [2.75, 3.05) is 12.9 Å². The Bertz CT molecular complexity index is 1110. The second-order valence-electron chi connectivity index (χ2n) is 6.57. The lowest BCUT2D eigenvalue weighted by Gasteiger charge is -2.25. The van der Waals surface area contributed by atoms with Crippen LogP contribution in [0.3, 0.4) is 0 Å².